The van der Waals surface area contributed by atoms with Gasteiger partial charge >= 0.3 is 0 Å². The van der Waals surface area contributed by atoms with Gasteiger partial charge in [0.2, 0.25) is 0 Å². The molecule has 0 aromatic heterocycles. The van der Waals surface area contributed by atoms with Crippen LogP contribution >= 0.6 is 11.6 Å². The topological polar surface area (TPSA) is 82.3 Å². The van der Waals surface area contributed by atoms with E-state index in [2.05, 4.69) is 5.32 Å². The average molecular weight is 295 g/mol. The normalized spacial score (nSPS) is 10.9. The van der Waals surface area contributed by atoms with E-state index in [4.69, 9.17) is 21.6 Å². The van der Waals surface area contributed by atoms with Gasteiger partial charge in [-0.15, -0.1) is 0 Å². The molecule has 5 nitrogen and oxygen atoms in total. The van der Waals surface area contributed by atoms with Gasteiger partial charge in [-0.25, -0.2) is 0 Å². The van der Waals surface area contributed by atoms with Crippen LogP contribution in [0.15, 0.2) is 23.8 Å². The van der Waals surface area contributed by atoms with Crippen molar-refractivity contribution in [2.45, 2.75) is 6.42 Å². The highest BCUT2D eigenvalue weighted by atomic mass is 35.5. The second-order valence-electron chi connectivity index (χ2n) is 3.98. The molecule has 0 aliphatic rings. The maximum atomic E-state index is 11.8. The van der Waals surface area contributed by atoms with Crippen LogP contribution in [-0.4, -0.2) is 31.3 Å². The zero-order chi connectivity index (χ0) is 15.0. The molecule has 0 aliphatic heterocycles. The van der Waals surface area contributed by atoms with E-state index in [9.17, 15) is 9.90 Å². The highest BCUT2D eigenvalue weighted by molar-refractivity contribution is 6.32. The smallest absolute Gasteiger partial charge is 0.261 e. The number of phenolic OH excluding ortho intramolecular Hbond substituents is 1. The molecule has 1 aromatic carbocycles. The molecule has 6 heteroatoms. The lowest BCUT2D eigenvalue weighted by atomic mass is 10.1. The summed E-state index contributed by atoms with van der Waals surface area (Å²) in [5.74, 6) is -0.501. The van der Waals surface area contributed by atoms with Crippen molar-refractivity contribution in [3.63, 3.8) is 0 Å². The van der Waals surface area contributed by atoms with E-state index in [1.807, 2.05) is 6.07 Å². The maximum absolute atomic E-state index is 11.8. The molecule has 0 unspecified atom stereocenters. The zero-order valence-electron chi connectivity index (χ0n) is 11.0. The van der Waals surface area contributed by atoms with Crippen molar-refractivity contribution in [2.24, 2.45) is 0 Å². The first kappa shape index (κ1) is 16.0. The first-order chi connectivity index (χ1) is 9.58. The van der Waals surface area contributed by atoms with Crippen LogP contribution in [0.25, 0.3) is 6.08 Å². The Morgan fingerprint density at radius 1 is 1.60 bits per heavy atom. The lowest BCUT2D eigenvalue weighted by Gasteiger charge is -2.04. The quantitative estimate of drug-likeness (QED) is 0.478. The molecular weight excluding hydrogens is 280 g/mol. The number of benzene rings is 1. The third-order valence-corrected chi connectivity index (χ3v) is 2.76. The van der Waals surface area contributed by atoms with E-state index in [0.717, 1.165) is 0 Å². The minimum atomic E-state index is -0.451. The van der Waals surface area contributed by atoms with Crippen LogP contribution < -0.4 is 5.32 Å². The Hall–Kier alpha value is -2.03. The molecule has 1 aromatic rings. The Kier molecular flexibility index (Phi) is 6.57. The van der Waals surface area contributed by atoms with Crippen LogP contribution in [0.5, 0.6) is 5.75 Å². The van der Waals surface area contributed by atoms with E-state index in [1.54, 1.807) is 13.2 Å². The molecule has 1 rings (SSSR count). The van der Waals surface area contributed by atoms with Crippen LogP contribution in [-0.2, 0) is 9.53 Å². The van der Waals surface area contributed by atoms with Gasteiger partial charge < -0.3 is 15.2 Å². The van der Waals surface area contributed by atoms with Crippen molar-refractivity contribution >= 4 is 23.6 Å². The predicted octanol–water partition coefficient (Wildman–Crippen LogP) is 2.11. The van der Waals surface area contributed by atoms with Gasteiger partial charge in [0.25, 0.3) is 5.91 Å². The second kappa shape index (κ2) is 8.20. The van der Waals surface area contributed by atoms with Gasteiger partial charge in [0.05, 0.1) is 5.02 Å². The van der Waals surface area contributed by atoms with Gasteiger partial charge in [0.15, 0.2) is 0 Å². The first-order valence-corrected chi connectivity index (χ1v) is 6.33. The van der Waals surface area contributed by atoms with Crippen molar-refractivity contribution in [1.29, 1.82) is 5.26 Å². The monoisotopic (exact) mass is 294 g/mol. The van der Waals surface area contributed by atoms with Gasteiger partial charge in [-0.1, -0.05) is 17.7 Å². The fraction of sp³-hybridized carbons (Fsp3) is 0.286. The summed E-state index contributed by atoms with van der Waals surface area (Å²) in [6.45, 7) is 0.974. The summed E-state index contributed by atoms with van der Waals surface area (Å²) in [5.41, 5.74) is 0.542. The fourth-order valence-electron chi connectivity index (χ4n) is 1.44. The van der Waals surface area contributed by atoms with Crippen LogP contribution in [0.3, 0.4) is 0 Å². The molecule has 0 saturated heterocycles. The fourth-order valence-corrected chi connectivity index (χ4v) is 1.63. The number of nitriles is 1. The molecule has 0 radical (unpaired) electrons. The Morgan fingerprint density at radius 3 is 2.95 bits per heavy atom. The summed E-state index contributed by atoms with van der Waals surface area (Å²) in [6.07, 6.45) is 2.09. The number of ether oxygens (including phenoxy) is 1. The molecule has 20 heavy (non-hydrogen) atoms. The van der Waals surface area contributed by atoms with Crippen LogP contribution in [0.2, 0.25) is 5.02 Å². The Balaban J connectivity index is 2.74. The van der Waals surface area contributed by atoms with E-state index >= 15 is 0 Å². The number of nitrogens with one attached hydrogen (secondary N) is 1. The minimum absolute atomic E-state index is 0.0239. The Labute approximate surface area is 122 Å². The highest BCUT2D eigenvalue weighted by Gasteiger charge is 2.08. The lowest BCUT2D eigenvalue weighted by Crippen LogP contribution is -2.26. The molecule has 0 heterocycles. The summed E-state index contributed by atoms with van der Waals surface area (Å²) in [4.78, 5) is 11.8. The molecule has 0 saturated carbocycles. The SMILES string of the molecule is COCCCNC(=O)C(C#N)=Cc1ccc(O)c(Cl)c1. The molecule has 0 bridgehead atoms. The number of phenols is 1. The van der Waals surface area contributed by atoms with Crippen LogP contribution in [0.1, 0.15) is 12.0 Å². The molecule has 0 spiro atoms. The summed E-state index contributed by atoms with van der Waals surface area (Å²) in [6, 6.07) is 6.28. The number of hydrogen-bond donors (Lipinski definition) is 2. The summed E-state index contributed by atoms with van der Waals surface area (Å²) in [7, 11) is 1.58. The summed E-state index contributed by atoms with van der Waals surface area (Å²) < 4.78 is 4.86. The van der Waals surface area contributed by atoms with E-state index < -0.39 is 5.91 Å². The van der Waals surface area contributed by atoms with Gasteiger partial charge in [-0.3, -0.25) is 4.79 Å². The van der Waals surface area contributed by atoms with E-state index in [-0.39, 0.29) is 16.3 Å². The van der Waals surface area contributed by atoms with Gasteiger partial charge in [0.1, 0.15) is 17.4 Å². The van der Waals surface area contributed by atoms with Crippen LogP contribution in [0, 0.1) is 11.3 Å². The number of nitrogens with zero attached hydrogens (tertiary/aromatic N) is 1. The number of amides is 1. The standard InChI is InChI=1S/C14H15ClN2O3/c1-20-6-2-5-17-14(19)11(9-16)7-10-3-4-13(18)12(15)8-10/h3-4,7-8,18H,2,5-6H2,1H3,(H,17,19). The molecule has 0 atom stereocenters. The van der Waals surface area contributed by atoms with Crippen LogP contribution in [0.4, 0.5) is 0 Å². The number of rotatable bonds is 6. The van der Waals surface area contributed by atoms with Crippen molar-refractivity contribution in [2.75, 3.05) is 20.3 Å². The van der Waals surface area contributed by atoms with E-state index in [1.165, 1.54) is 18.2 Å². The number of hydrogen-bond acceptors (Lipinski definition) is 4. The van der Waals surface area contributed by atoms with Gasteiger partial charge in [-0.05, 0) is 30.2 Å². The summed E-state index contributed by atoms with van der Waals surface area (Å²) >= 11 is 5.76. The third-order valence-electron chi connectivity index (χ3n) is 2.46. The molecule has 106 valence electrons. The minimum Gasteiger partial charge on any atom is -0.506 e. The molecule has 1 amide bonds. The Bertz CT molecular complexity index is 550. The number of halogens is 1. The van der Waals surface area contributed by atoms with Gasteiger partial charge in [0, 0.05) is 20.3 Å². The maximum Gasteiger partial charge on any atom is 0.261 e. The predicted molar refractivity (Wildman–Crippen MR) is 76.2 cm³/mol. The lowest BCUT2D eigenvalue weighted by molar-refractivity contribution is -0.117. The average Bonchev–Trinajstić information content (AvgIpc) is 2.44. The molecule has 0 aliphatic carbocycles. The summed E-state index contributed by atoms with van der Waals surface area (Å²) in [5, 5.41) is 21.1. The number of aromatic hydroxyl groups is 1. The number of carbonyl (C=O) groups excluding carboxylic acids is 1. The second-order valence-corrected chi connectivity index (χ2v) is 4.39. The third kappa shape index (κ3) is 4.92. The number of carbonyl (C=O) groups is 1. The van der Waals surface area contributed by atoms with Crippen molar-refractivity contribution in [3.05, 3.63) is 34.4 Å². The largest absolute Gasteiger partial charge is 0.506 e. The van der Waals surface area contributed by atoms with Crippen molar-refractivity contribution in [3.8, 4) is 11.8 Å². The number of methoxy groups -OCH3 is 1. The van der Waals surface area contributed by atoms with Crippen molar-refractivity contribution in [1.82, 2.24) is 5.32 Å². The molecular formula is C14H15ClN2O3. The van der Waals surface area contributed by atoms with Gasteiger partial charge in [-0.2, -0.15) is 5.26 Å². The van der Waals surface area contributed by atoms with Crippen molar-refractivity contribution < 1.29 is 14.6 Å². The molecule has 2 N–H and O–H groups in total. The first-order valence-electron chi connectivity index (χ1n) is 5.96. The van der Waals surface area contributed by atoms with E-state index in [0.29, 0.717) is 25.1 Å². The Morgan fingerprint density at radius 2 is 2.35 bits per heavy atom. The zero-order valence-corrected chi connectivity index (χ0v) is 11.8. The molecule has 0 fully saturated rings. The highest BCUT2D eigenvalue weighted by Crippen LogP contribution is 2.24.